The van der Waals surface area contributed by atoms with Gasteiger partial charge < -0.3 is 5.11 Å². The molecule has 0 amide bonds. The number of carbonyl (C=O) groups is 1. The average Bonchev–Trinajstić information content (AvgIpc) is 2.35. The second-order valence-corrected chi connectivity index (χ2v) is 6.01. The number of piperidine rings is 1. The molecule has 0 radical (unpaired) electrons. The van der Waals surface area contributed by atoms with Crippen molar-refractivity contribution < 1.29 is 9.90 Å². The van der Waals surface area contributed by atoms with E-state index in [2.05, 4.69) is 4.90 Å². The van der Waals surface area contributed by atoms with Crippen LogP contribution >= 0.6 is 0 Å². The van der Waals surface area contributed by atoms with Crippen molar-refractivity contribution in [3.8, 4) is 0 Å². The zero-order valence-corrected chi connectivity index (χ0v) is 12.1. The number of aliphatic hydroxyl groups is 1. The quantitative estimate of drug-likeness (QED) is 0.849. The van der Waals surface area contributed by atoms with E-state index in [1.54, 1.807) is 0 Å². The molecule has 0 spiro atoms. The van der Waals surface area contributed by atoms with Crippen LogP contribution in [0.25, 0.3) is 0 Å². The van der Waals surface area contributed by atoms with Crippen LogP contribution in [0.1, 0.15) is 41.3 Å². The fourth-order valence-corrected chi connectivity index (χ4v) is 2.52. The molecule has 0 saturated carbocycles. The Kier molecular flexibility index (Phi) is 4.07. The Morgan fingerprint density at radius 1 is 1.32 bits per heavy atom. The van der Waals surface area contributed by atoms with Crippen molar-refractivity contribution in [2.24, 2.45) is 0 Å². The van der Waals surface area contributed by atoms with Crippen molar-refractivity contribution in [1.82, 2.24) is 4.90 Å². The second kappa shape index (κ2) is 5.43. The summed E-state index contributed by atoms with van der Waals surface area (Å²) in [7, 11) is 0. The normalized spacial score (nSPS) is 19.4. The Bertz CT molecular complexity index is 470. The fourth-order valence-electron chi connectivity index (χ4n) is 2.52. The number of aryl methyl sites for hydroxylation is 2. The Morgan fingerprint density at radius 3 is 2.58 bits per heavy atom. The fraction of sp³-hybridized carbons (Fsp3) is 0.562. The van der Waals surface area contributed by atoms with E-state index in [0.717, 1.165) is 42.6 Å². The summed E-state index contributed by atoms with van der Waals surface area (Å²) < 4.78 is 0. The van der Waals surface area contributed by atoms with E-state index in [-0.39, 0.29) is 5.78 Å². The van der Waals surface area contributed by atoms with E-state index in [0.29, 0.717) is 6.54 Å². The van der Waals surface area contributed by atoms with Crippen molar-refractivity contribution in [1.29, 1.82) is 0 Å². The van der Waals surface area contributed by atoms with Crippen LogP contribution in [0.3, 0.4) is 0 Å². The first-order valence-corrected chi connectivity index (χ1v) is 6.93. The van der Waals surface area contributed by atoms with Crippen LogP contribution in [0.2, 0.25) is 0 Å². The molecule has 1 aromatic carbocycles. The highest BCUT2D eigenvalue weighted by Crippen LogP contribution is 2.21. The summed E-state index contributed by atoms with van der Waals surface area (Å²) >= 11 is 0. The molecule has 1 saturated heterocycles. The van der Waals surface area contributed by atoms with Gasteiger partial charge in [-0.15, -0.1) is 0 Å². The maximum atomic E-state index is 12.3. The molecule has 19 heavy (non-hydrogen) atoms. The highest BCUT2D eigenvalue weighted by atomic mass is 16.3. The largest absolute Gasteiger partial charge is 0.390 e. The van der Waals surface area contributed by atoms with Crippen molar-refractivity contribution in [2.45, 2.75) is 39.2 Å². The van der Waals surface area contributed by atoms with Crippen molar-refractivity contribution in [2.75, 3.05) is 19.6 Å². The lowest BCUT2D eigenvalue weighted by molar-refractivity contribution is -0.00420. The first-order valence-electron chi connectivity index (χ1n) is 6.93. The average molecular weight is 261 g/mol. The van der Waals surface area contributed by atoms with Crippen molar-refractivity contribution in [3.05, 3.63) is 34.9 Å². The van der Waals surface area contributed by atoms with Gasteiger partial charge in [-0.2, -0.15) is 0 Å². The molecular formula is C16H23NO2. The number of carbonyl (C=O) groups excluding carboxylic acids is 1. The van der Waals surface area contributed by atoms with Gasteiger partial charge in [-0.25, -0.2) is 0 Å². The molecule has 1 heterocycles. The maximum Gasteiger partial charge on any atom is 0.177 e. The molecule has 0 atom stereocenters. The third-order valence-electron chi connectivity index (χ3n) is 3.99. The Hall–Kier alpha value is -1.19. The minimum Gasteiger partial charge on any atom is -0.390 e. The van der Waals surface area contributed by atoms with Crippen LogP contribution in [-0.4, -0.2) is 41.0 Å². The van der Waals surface area contributed by atoms with E-state index >= 15 is 0 Å². The Labute approximate surface area is 115 Å². The molecule has 1 aromatic rings. The van der Waals surface area contributed by atoms with Crippen molar-refractivity contribution >= 4 is 5.78 Å². The molecule has 1 aliphatic rings. The number of hydrogen-bond acceptors (Lipinski definition) is 3. The molecule has 0 aromatic heterocycles. The SMILES string of the molecule is Cc1ccc(C)c(C(=O)CN2CCC(C)(O)CC2)c1. The van der Waals surface area contributed by atoms with Crippen LogP contribution in [0, 0.1) is 13.8 Å². The molecule has 1 N–H and O–H groups in total. The van der Waals surface area contributed by atoms with Gasteiger partial charge in [-0.1, -0.05) is 17.7 Å². The van der Waals surface area contributed by atoms with Gasteiger partial charge in [0.25, 0.3) is 0 Å². The molecule has 3 heteroatoms. The van der Waals surface area contributed by atoms with Gasteiger partial charge in [0, 0.05) is 18.7 Å². The van der Waals surface area contributed by atoms with Crippen LogP contribution in [0.4, 0.5) is 0 Å². The summed E-state index contributed by atoms with van der Waals surface area (Å²) in [6, 6.07) is 6.01. The van der Waals surface area contributed by atoms with Gasteiger partial charge in [0.15, 0.2) is 5.78 Å². The summed E-state index contributed by atoms with van der Waals surface area (Å²) in [5.74, 6) is 0.183. The predicted octanol–water partition coefficient (Wildman–Crippen LogP) is 2.33. The number of hydrogen-bond donors (Lipinski definition) is 1. The molecule has 3 nitrogen and oxygen atoms in total. The monoisotopic (exact) mass is 261 g/mol. The standard InChI is InChI=1S/C16H23NO2/c1-12-4-5-13(2)14(10-12)15(18)11-17-8-6-16(3,19)7-9-17/h4-5,10,19H,6-9,11H2,1-3H3. The van der Waals surface area contributed by atoms with Gasteiger partial charge in [0.1, 0.15) is 0 Å². The van der Waals surface area contributed by atoms with E-state index < -0.39 is 5.60 Å². The van der Waals surface area contributed by atoms with Gasteiger partial charge in [0.05, 0.1) is 12.1 Å². The number of rotatable bonds is 3. The molecule has 1 aliphatic heterocycles. The summed E-state index contributed by atoms with van der Waals surface area (Å²) in [5, 5.41) is 9.91. The summed E-state index contributed by atoms with van der Waals surface area (Å²) in [5.41, 5.74) is 2.44. The van der Waals surface area contributed by atoms with Gasteiger partial charge in [-0.05, 0) is 45.2 Å². The van der Waals surface area contributed by atoms with E-state index in [1.807, 2.05) is 39.0 Å². The topological polar surface area (TPSA) is 40.5 Å². The zero-order valence-electron chi connectivity index (χ0n) is 12.1. The second-order valence-electron chi connectivity index (χ2n) is 6.01. The van der Waals surface area contributed by atoms with Crippen LogP contribution in [-0.2, 0) is 0 Å². The highest BCUT2D eigenvalue weighted by molar-refractivity contribution is 5.99. The lowest BCUT2D eigenvalue weighted by Gasteiger charge is -2.35. The van der Waals surface area contributed by atoms with E-state index in [9.17, 15) is 9.90 Å². The summed E-state index contributed by atoms with van der Waals surface area (Å²) in [4.78, 5) is 14.5. The zero-order chi connectivity index (χ0) is 14.0. The third-order valence-corrected chi connectivity index (χ3v) is 3.99. The molecule has 104 valence electrons. The van der Waals surface area contributed by atoms with Crippen LogP contribution in [0.15, 0.2) is 18.2 Å². The predicted molar refractivity (Wildman–Crippen MR) is 76.5 cm³/mol. The highest BCUT2D eigenvalue weighted by Gasteiger charge is 2.28. The molecule has 0 bridgehead atoms. The van der Waals surface area contributed by atoms with Gasteiger partial charge in [-0.3, -0.25) is 9.69 Å². The number of Topliss-reactive ketones (excluding diaryl/α,β-unsaturated/α-hetero) is 1. The van der Waals surface area contributed by atoms with Gasteiger partial charge >= 0.3 is 0 Å². The first-order chi connectivity index (χ1) is 8.87. The molecule has 2 rings (SSSR count). The maximum absolute atomic E-state index is 12.3. The molecule has 1 fully saturated rings. The minimum atomic E-state index is -0.557. The molecule has 0 unspecified atom stereocenters. The van der Waals surface area contributed by atoms with Crippen LogP contribution < -0.4 is 0 Å². The number of ketones is 1. The van der Waals surface area contributed by atoms with Crippen LogP contribution in [0.5, 0.6) is 0 Å². The van der Waals surface area contributed by atoms with Gasteiger partial charge in [0.2, 0.25) is 0 Å². The van der Waals surface area contributed by atoms with Crippen molar-refractivity contribution in [3.63, 3.8) is 0 Å². The first kappa shape index (κ1) is 14.2. The number of benzene rings is 1. The van der Waals surface area contributed by atoms with E-state index in [4.69, 9.17) is 0 Å². The molecular weight excluding hydrogens is 238 g/mol. The minimum absolute atomic E-state index is 0.183. The molecule has 0 aliphatic carbocycles. The summed E-state index contributed by atoms with van der Waals surface area (Å²) in [6.45, 7) is 7.91. The Morgan fingerprint density at radius 2 is 1.95 bits per heavy atom. The lowest BCUT2D eigenvalue weighted by atomic mass is 9.93. The smallest absolute Gasteiger partial charge is 0.177 e. The lowest BCUT2D eigenvalue weighted by Crippen LogP contribution is -2.44. The number of likely N-dealkylation sites (tertiary alicyclic amines) is 1. The number of nitrogens with zero attached hydrogens (tertiary/aromatic N) is 1. The van der Waals surface area contributed by atoms with E-state index in [1.165, 1.54) is 0 Å². The third kappa shape index (κ3) is 3.64. The summed E-state index contributed by atoms with van der Waals surface area (Å²) in [6.07, 6.45) is 1.49. The Balaban J connectivity index is 2.00.